The van der Waals surface area contributed by atoms with Gasteiger partial charge in [0.25, 0.3) is 0 Å². The third kappa shape index (κ3) is 5.02. The third-order valence-electron chi connectivity index (χ3n) is 2.72. The van der Waals surface area contributed by atoms with Crippen LogP contribution in [0.2, 0.25) is 5.02 Å². The molecule has 1 unspecified atom stereocenters. The van der Waals surface area contributed by atoms with Crippen molar-refractivity contribution in [2.24, 2.45) is 0 Å². The van der Waals surface area contributed by atoms with Crippen LogP contribution in [0.4, 0.5) is 10.5 Å². The van der Waals surface area contributed by atoms with Crippen LogP contribution in [0.5, 0.6) is 5.75 Å². The van der Waals surface area contributed by atoms with Gasteiger partial charge in [-0.3, -0.25) is 0 Å². The zero-order valence-corrected chi connectivity index (χ0v) is 13.5. The number of anilines is 1. The first-order chi connectivity index (χ1) is 9.88. The molecule has 21 heavy (non-hydrogen) atoms. The molecule has 1 aromatic carbocycles. The van der Waals surface area contributed by atoms with Crippen molar-refractivity contribution in [1.29, 1.82) is 0 Å². The average Bonchev–Trinajstić information content (AvgIpc) is 2.46. The van der Waals surface area contributed by atoms with Crippen LogP contribution in [0.1, 0.15) is 17.3 Å². The number of carboxylic acids is 1. The summed E-state index contributed by atoms with van der Waals surface area (Å²) in [6.07, 6.45) is 1.95. The predicted molar refractivity (Wildman–Crippen MR) is 85.0 cm³/mol. The molecule has 3 N–H and O–H groups in total. The molecule has 116 valence electrons. The molecule has 0 aliphatic rings. The zero-order chi connectivity index (χ0) is 16.0. The standard InChI is InChI=1S/C13H17ClN2O4S/c1-7(21-3)6-15-13(19)16-10-5-11(20-2)8(12(17)18)4-9(10)14/h4-5,7H,6H2,1-3H3,(H,17,18)(H2,15,16,19). The van der Waals surface area contributed by atoms with Crippen molar-refractivity contribution in [3.05, 3.63) is 22.7 Å². The molecule has 0 spiro atoms. The fraction of sp³-hybridized carbons (Fsp3) is 0.385. The summed E-state index contributed by atoms with van der Waals surface area (Å²) >= 11 is 7.60. The number of methoxy groups -OCH3 is 1. The molecule has 1 aromatic rings. The highest BCUT2D eigenvalue weighted by Gasteiger charge is 2.16. The molecule has 0 bridgehead atoms. The topological polar surface area (TPSA) is 87.7 Å². The lowest BCUT2D eigenvalue weighted by atomic mass is 10.2. The normalized spacial score (nSPS) is 11.6. The Morgan fingerprint density at radius 3 is 2.67 bits per heavy atom. The molecule has 0 aliphatic carbocycles. The summed E-state index contributed by atoms with van der Waals surface area (Å²) in [5.74, 6) is -1.03. The summed E-state index contributed by atoms with van der Waals surface area (Å²) in [4.78, 5) is 22.8. The second kappa shape index (κ2) is 7.99. The molecule has 2 amide bonds. The number of hydrogen-bond donors (Lipinski definition) is 3. The summed E-state index contributed by atoms with van der Waals surface area (Å²) in [6, 6.07) is 2.20. The molecule has 0 fully saturated rings. The number of nitrogens with one attached hydrogen (secondary N) is 2. The van der Waals surface area contributed by atoms with Crippen LogP contribution in [-0.2, 0) is 0 Å². The first-order valence-corrected chi connectivity index (χ1v) is 7.74. The molecule has 6 nitrogen and oxygen atoms in total. The number of carboxylic acid groups (broad SMARTS) is 1. The molecule has 0 aromatic heterocycles. The van der Waals surface area contributed by atoms with Crippen LogP contribution in [0, 0.1) is 0 Å². The van der Waals surface area contributed by atoms with E-state index in [1.807, 2.05) is 13.2 Å². The van der Waals surface area contributed by atoms with Gasteiger partial charge in [0, 0.05) is 17.9 Å². The fourth-order valence-corrected chi connectivity index (χ4v) is 1.93. The first-order valence-electron chi connectivity index (χ1n) is 6.07. The van der Waals surface area contributed by atoms with Crippen molar-refractivity contribution in [2.45, 2.75) is 12.2 Å². The van der Waals surface area contributed by atoms with E-state index in [0.717, 1.165) is 0 Å². The quantitative estimate of drug-likeness (QED) is 0.745. The van der Waals surface area contributed by atoms with Gasteiger partial charge in [0.05, 0.1) is 17.8 Å². The third-order valence-corrected chi connectivity index (χ3v) is 4.00. The van der Waals surface area contributed by atoms with Crippen molar-refractivity contribution in [2.75, 3.05) is 25.2 Å². The molecule has 0 saturated carbocycles. The van der Waals surface area contributed by atoms with E-state index in [1.54, 1.807) is 11.8 Å². The highest BCUT2D eigenvalue weighted by Crippen LogP contribution is 2.30. The van der Waals surface area contributed by atoms with Crippen LogP contribution >= 0.6 is 23.4 Å². The Balaban J connectivity index is 2.84. The number of urea groups is 1. The molecule has 8 heteroatoms. The smallest absolute Gasteiger partial charge is 0.339 e. The van der Waals surface area contributed by atoms with E-state index in [0.29, 0.717) is 6.54 Å². The number of rotatable bonds is 6. The lowest BCUT2D eigenvalue weighted by Crippen LogP contribution is -2.33. The molecular weight excluding hydrogens is 316 g/mol. The highest BCUT2D eigenvalue weighted by molar-refractivity contribution is 7.99. The fourth-order valence-electron chi connectivity index (χ4n) is 1.47. The maximum absolute atomic E-state index is 11.8. The van der Waals surface area contributed by atoms with Gasteiger partial charge in [-0.25, -0.2) is 9.59 Å². The highest BCUT2D eigenvalue weighted by atomic mass is 35.5. The number of hydrogen-bond acceptors (Lipinski definition) is 4. The van der Waals surface area contributed by atoms with Crippen LogP contribution in [0.3, 0.4) is 0 Å². The predicted octanol–water partition coefficient (Wildman–Crippen LogP) is 2.92. The molecular formula is C13H17ClN2O4S. The van der Waals surface area contributed by atoms with E-state index in [2.05, 4.69) is 10.6 Å². The number of ether oxygens (including phenoxy) is 1. The number of carbonyl (C=O) groups is 2. The van der Waals surface area contributed by atoms with Gasteiger partial charge in [-0.2, -0.15) is 11.8 Å². The van der Waals surface area contributed by atoms with Crippen LogP contribution in [0.15, 0.2) is 12.1 Å². The monoisotopic (exact) mass is 332 g/mol. The lowest BCUT2D eigenvalue weighted by Gasteiger charge is -2.13. The van der Waals surface area contributed by atoms with E-state index in [9.17, 15) is 9.59 Å². The van der Waals surface area contributed by atoms with Crippen LogP contribution < -0.4 is 15.4 Å². The van der Waals surface area contributed by atoms with Gasteiger partial charge in [-0.1, -0.05) is 18.5 Å². The van der Waals surface area contributed by atoms with Crippen LogP contribution in [-0.4, -0.2) is 42.3 Å². The first kappa shape index (κ1) is 17.5. The summed E-state index contributed by atoms with van der Waals surface area (Å²) in [6.45, 7) is 2.50. The van der Waals surface area contributed by atoms with E-state index in [4.69, 9.17) is 21.4 Å². The SMILES string of the molecule is COc1cc(NC(=O)NCC(C)SC)c(Cl)cc1C(=O)O. The van der Waals surface area contributed by atoms with Gasteiger partial charge >= 0.3 is 12.0 Å². The minimum Gasteiger partial charge on any atom is -0.496 e. The summed E-state index contributed by atoms with van der Waals surface area (Å²) in [5.41, 5.74) is 0.220. The molecule has 0 aliphatic heterocycles. The molecule has 0 saturated heterocycles. The number of aromatic carboxylic acids is 1. The van der Waals surface area contributed by atoms with Gasteiger partial charge in [0.2, 0.25) is 0 Å². The summed E-state index contributed by atoms with van der Waals surface area (Å²) in [5, 5.41) is 14.7. The maximum Gasteiger partial charge on any atom is 0.339 e. The second-order valence-electron chi connectivity index (χ2n) is 4.22. The minimum absolute atomic E-state index is 0.0653. The van der Waals surface area contributed by atoms with Crippen molar-refractivity contribution in [3.8, 4) is 5.75 Å². The molecule has 0 heterocycles. The maximum atomic E-state index is 11.8. The Morgan fingerprint density at radius 1 is 1.48 bits per heavy atom. The minimum atomic E-state index is -1.15. The van der Waals surface area contributed by atoms with E-state index < -0.39 is 12.0 Å². The van der Waals surface area contributed by atoms with Gasteiger partial charge in [0.15, 0.2) is 0 Å². The van der Waals surface area contributed by atoms with Crippen molar-refractivity contribution in [3.63, 3.8) is 0 Å². The Labute approximate surface area is 132 Å². The Kier molecular flexibility index (Phi) is 6.64. The van der Waals surface area contributed by atoms with Crippen molar-refractivity contribution in [1.82, 2.24) is 5.32 Å². The Bertz CT molecular complexity index is 539. The van der Waals surface area contributed by atoms with E-state index in [-0.39, 0.29) is 27.3 Å². The number of halogens is 1. The summed E-state index contributed by atoms with van der Waals surface area (Å²) < 4.78 is 4.98. The van der Waals surface area contributed by atoms with E-state index >= 15 is 0 Å². The average molecular weight is 333 g/mol. The molecule has 0 radical (unpaired) electrons. The van der Waals surface area contributed by atoms with Gasteiger partial charge < -0.3 is 20.5 Å². The van der Waals surface area contributed by atoms with Gasteiger partial charge in [-0.15, -0.1) is 0 Å². The van der Waals surface area contributed by atoms with E-state index in [1.165, 1.54) is 19.2 Å². The molecule has 1 atom stereocenters. The number of amides is 2. The van der Waals surface area contributed by atoms with Gasteiger partial charge in [0.1, 0.15) is 11.3 Å². The van der Waals surface area contributed by atoms with Crippen molar-refractivity contribution < 1.29 is 19.4 Å². The number of carbonyl (C=O) groups excluding carboxylic acids is 1. The Morgan fingerprint density at radius 2 is 2.14 bits per heavy atom. The summed E-state index contributed by atoms with van der Waals surface area (Å²) in [7, 11) is 1.35. The Hall–Kier alpha value is -1.60. The number of benzene rings is 1. The van der Waals surface area contributed by atoms with Crippen molar-refractivity contribution >= 4 is 41.1 Å². The number of thioether (sulfide) groups is 1. The van der Waals surface area contributed by atoms with Gasteiger partial charge in [-0.05, 0) is 12.3 Å². The largest absolute Gasteiger partial charge is 0.496 e. The second-order valence-corrected chi connectivity index (χ2v) is 5.90. The zero-order valence-electron chi connectivity index (χ0n) is 11.9. The lowest BCUT2D eigenvalue weighted by molar-refractivity contribution is 0.0693. The van der Waals surface area contributed by atoms with Crippen LogP contribution in [0.25, 0.3) is 0 Å². The molecule has 1 rings (SSSR count).